The number of aryl methyl sites for hydroxylation is 2. The molecular formula is C26H30N2O4S. The monoisotopic (exact) mass is 466 g/mol. The Morgan fingerprint density at radius 2 is 1.64 bits per heavy atom. The number of benzene rings is 3. The van der Waals surface area contributed by atoms with Crippen LogP contribution in [0.3, 0.4) is 0 Å². The van der Waals surface area contributed by atoms with E-state index >= 15 is 0 Å². The fourth-order valence-corrected chi connectivity index (χ4v) is 4.51. The number of carbonyl (C=O) groups excluding carboxylic acids is 1. The average Bonchev–Trinajstić information content (AvgIpc) is 2.79. The third kappa shape index (κ3) is 6.58. The smallest absolute Gasteiger partial charge is 0.261 e. The van der Waals surface area contributed by atoms with Crippen molar-refractivity contribution in [2.45, 2.75) is 38.5 Å². The molecule has 174 valence electrons. The second kappa shape index (κ2) is 11.0. The Morgan fingerprint density at radius 3 is 2.30 bits per heavy atom. The van der Waals surface area contributed by atoms with Crippen LogP contribution in [0, 0.1) is 13.8 Å². The predicted molar refractivity (Wildman–Crippen MR) is 131 cm³/mol. The van der Waals surface area contributed by atoms with Gasteiger partial charge in [-0.1, -0.05) is 49.2 Å². The summed E-state index contributed by atoms with van der Waals surface area (Å²) in [5.41, 5.74) is 3.57. The van der Waals surface area contributed by atoms with Gasteiger partial charge >= 0.3 is 0 Å². The van der Waals surface area contributed by atoms with Crippen molar-refractivity contribution in [3.05, 3.63) is 89.0 Å². The van der Waals surface area contributed by atoms with E-state index in [4.69, 9.17) is 4.74 Å². The summed E-state index contributed by atoms with van der Waals surface area (Å²) in [6, 6.07) is 19.5. The highest BCUT2D eigenvalue weighted by molar-refractivity contribution is 7.92. The van der Waals surface area contributed by atoms with E-state index in [-0.39, 0.29) is 10.8 Å². The first-order chi connectivity index (χ1) is 15.8. The fraction of sp³-hybridized carbons (Fsp3) is 0.269. The van der Waals surface area contributed by atoms with Crippen LogP contribution in [0.5, 0.6) is 5.75 Å². The Hall–Kier alpha value is -3.32. The lowest BCUT2D eigenvalue weighted by Gasteiger charge is -2.14. The Labute approximate surface area is 196 Å². The number of ether oxygens (including phenoxy) is 1. The van der Waals surface area contributed by atoms with E-state index in [9.17, 15) is 13.2 Å². The van der Waals surface area contributed by atoms with Crippen molar-refractivity contribution in [3.63, 3.8) is 0 Å². The molecule has 0 aliphatic carbocycles. The lowest BCUT2D eigenvalue weighted by molar-refractivity contribution is 0.0946. The number of sulfonamides is 1. The molecule has 0 saturated carbocycles. The zero-order chi connectivity index (χ0) is 23.8. The summed E-state index contributed by atoms with van der Waals surface area (Å²) in [6.07, 6.45) is 2.14. The van der Waals surface area contributed by atoms with Crippen molar-refractivity contribution >= 4 is 21.6 Å². The average molecular weight is 467 g/mol. The third-order valence-corrected chi connectivity index (χ3v) is 6.65. The van der Waals surface area contributed by atoms with Crippen LogP contribution in [-0.4, -0.2) is 27.5 Å². The first-order valence-electron chi connectivity index (χ1n) is 11.0. The lowest BCUT2D eigenvalue weighted by Crippen LogP contribution is -2.29. The molecule has 0 heterocycles. The highest BCUT2D eigenvalue weighted by Crippen LogP contribution is 2.23. The van der Waals surface area contributed by atoms with Crippen LogP contribution < -0.4 is 14.8 Å². The number of nitrogens with one attached hydrogen (secondary N) is 2. The summed E-state index contributed by atoms with van der Waals surface area (Å²) in [7, 11) is -3.76. The summed E-state index contributed by atoms with van der Waals surface area (Å²) >= 11 is 0. The van der Waals surface area contributed by atoms with Gasteiger partial charge in [0, 0.05) is 5.56 Å². The zero-order valence-corrected chi connectivity index (χ0v) is 20.0. The fourth-order valence-electron chi connectivity index (χ4n) is 3.38. The van der Waals surface area contributed by atoms with E-state index in [0.29, 0.717) is 30.0 Å². The van der Waals surface area contributed by atoms with Gasteiger partial charge in [-0.3, -0.25) is 9.52 Å². The van der Waals surface area contributed by atoms with Crippen molar-refractivity contribution in [3.8, 4) is 5.75 Å². The summed E-state index contributed by atoms with van der Waals surface area (Å²) in [4.78, 5) is 12.8. The molecule has 2 N–H and O–H groups in total. The molecule has 0 bridgehead atoms. The van der Waals surface area contributed by atoms with E-state index in [0.717, 1.165) is 24.2 Å². The van der Waals surface area contributed by atoms with Gasteiger partial charge in [-0.15, -0.1) is 0 Å². The van der Waals surface area contributed by atoms with Gasteiger partial charge in [0.1, 0.15) is 12.4 Å². The minimum absolute atomic E-state index is 0.169. The summed E-state index contributed by atoms with van der Waals surface area (Å²) in [5.74, 6) is 0.471. The molecule has 6 nitrogen and oxygen atoms in total. The Morgan fingerprint density at radius 1 is 0.939 bits per heavy atom. The van der Waals surface area contributed by atoms with Gasteiger partial charge in [0.2, 0.25) is 0 Å². The maximum atomic E-state index is 12.7. The molecule has 0 aromatic heterocycles. The first kappa shape index (κ1) is 24.3. The van der Waals surface area contributed by atoms with Crippen molar-refractivity contribution in [2.24, 2.45) is 0 Å². The van der Waals surface area contributed by atoms with E-state index in [1.54, 1.807) is 49.4 Å². The van der Waals surface area contributed by atoms with Crippen molar-refractivity contribution in [1.82, 2.24) is 5.32 Å². The van der Waals surface area contributed by atoms with Crippen LogP contribution in [0.15, 0.2) is 71.6 Å². The van der Waals surface area contributed by atoms with Crippen LogP contribution >= 0.6 is 0 Å². The lowest BCUT2D eigenvalue weighted by atomic mass is 10.1. The topological polar surface area (TPSA) is 84.5 Å². The maximum Gasteiger partial charge on any atom is 0.261 e. The van der Waals surface area contributed by atoms with E-state index in [1.807, 2.05) is 31.2 Å². The number of hydrogen-bond acceptors (Lipinski definition) is 4. The number of rotatable bonds is 10. The minimum atomic E-state index is -3.76. The van der Waals surface area contributed by atoms with Gasteiger partial charge in [0.25, 0.3) is 15.9 Å². The molecule has 0 unspecified atom stereocenters. The summed E-state index contributed by atoms with van der Waals surface area (Å²) in [6.45, 7) is 6.41. The standard InChI is InChI=1S/C26H30N2O4S/c1-4-6-21-11-13-22(14-12-21)32-18-17-27-26(29)24-7-5-8-25(20(24)3)28-33(30,31)23-15-9-19(2)10-16-23/h5,7-16,28H,4,6,17-18H2,1-3H3,(H,27,29). The number of carbonyl (C=O) groups is 1. The Balaban J connectivity index is 1.59. The Bertz CT molecular complexity index is 1190. The predicted octanol–water partition coefficient (Wildman–Crippen LogP) is 4.87. The van der Waals surface area contributed by atoms with Gasteiger partial charge in [0.05, 0.1) is 17.1 Å². The molecule has 3 aromatic carbocycles. The SMILES string of the molecule is CCCc1ccc(OCCNC(=O)c2cccc(NS(=O)(=O)c3ccc(C)cc3)c2C)cc1. The normalized spacial score (nSPS) is 11.1. The highest BCUT2D eigenvalue weighted by atomic mass is 32.2. The molecule has 0 aliphatic rings. The quantitative estimate of drug-likeness (QED) is 0.418. The van der Waals surface area contributed by atoms with Crippen LogP contribution in [0.2, 0.25) is 0 Å². The number of hydrogen-bond donors (Lipinski definition) is 2. The largest absolute Gasteiger partial charge is 0.492 e. The molecule has 0 radical (unpaired) electrons. The molecule has 0 aliphatic heterocycles. The van der Waals surface area contributed by atoms with Gasteiger partial charge in [-0.2, -0.15) is 0 Å². The molecule has 7 heteroatoms. The van der Waals surface area contributed by atoms with Crippen molar-refractivity contribution in [2.75, 3.05) is 17.9 Å². The molecule has 1 amide bonds. The minimum Gasteiger partial charge on any atom is -0.492 e. The van der Waals surface area contributed by atoms with Crippen LogP contribution in [-0.2, 0) is 16.4 Å². The van der Waals surface area contributed by atoms with E-state index in [1.165, 1.54) is 5.56 Å². The van der Waals surface area contributed by atoms with Crippen LogP contribution in [0.25, 0.3) is 0 Å². The molecule has 3 aromatic rings. The van der Waals surface area contributed by atoms with Crippen LogP contribution in [0.4, 0.5) is 5.69 Å². The molecule has 33 heavy (non-hydrogen) atoms. The highest BCUT2D eigenvalue weighted by Gasteiger charge is 2.18. The van der Waals surface area contributed by atoms with Crippen molar-refractivity contribution < 1.29 is 17.9 Å². The molecule has 0 atom stereocenters. The summed E-state index contributed by atoms with van der Waals surface area (Å²) in [5, 5.41) is 2.83. The van der Waals surface area contributed by atoms with Gasteiger partial charge in [-0.05, 0) is 67.8 Å². The second-order valence-electron chi connectivity index (χ2n) is 7.89. The van der Waals surface area contributed by atoms with Gasteiger partial charge in [0.15, 0.2) is 0 Å². The molecule has 0 fully saturated rings. The second-order valence-corrected chi connectivity index (χ2v) is 9.58. The molecule has 0 saturated heterocycles. The maximum absolute atomic E-state index is 12.7. The molecule has 3 rings (SSSR count). The van der Waals surface area contributed by atoms with E-state index < -0.39 is 10.0 Å². The van der Waals surface area contributed by atoms with Gasteiger partial charge < -0.3 is 10.1 Å². The molecular weight excluding hydrogens is 436 g/mol. The number of amides is 1. The Kier molecular flexibility index (Phi) is 8.11. The zero-order valence-electron chi connectivity index (χ0n) is 19.2. The molecule has 0 spiro atoms. The van der Waals surface area contributed by atoms with E-state index in [2.05, 4.69) is 17.0 Å². The van der Waals surface area contributed by atoms with Gasteiger partial charge in [-0.25, -0.2) is 8.42 Å². The van der Waals surface area contributed by atoms with Crippen LogP contribution in [0.1, 0.15) is 40.4 Å². The summed E-state index contributed by atoms with van der Waals surface area (Å²) < 4.78 is 33.7. The third-order valence-electron chi connectivity index (χ3n) is 5.27. The first-order valence-corrected chi connectivity index (χ1v) is 12.5. The van der Waals surface area contributed by atoms with Crippen molar-refractivity contribution in [1.29, 1.82) is 0 Å². The number of anilines is 1.